The Hall–Kier alpha value is -2.11. The second kappa shape index (κ2) is 7.64. The van der Waals surface area contributed by atoms with Crippen LogP contribution in [-0.4, -0.2) is 26.3 Å². The van der Waals surface area contributed by atoms with Gasteiger partial charge in [0.1, 0.15) is 6.33 Å². The van der Waals surface area contributed by atoms with Crippen LogP contribution in [0.5, 0.6) is 0 Å². The van der Waals surface area contributed by atoms with Crippen molar-refractivity contribution >= 4 is 29.1 Å². The van der Waals surface area contributed by atoms with E-state index in [0.29, 0.717) is 15.9 Å². The molecule has 26 heavy (non-hydrogen) atoms. The van der Waals surface area contributed by atoms with Crippen molar-refractivity contribution in [2.45, 2.75) is 32.9 Å². The molecule has 1 heterocycles. The van der Waals surface area contributed by atoms with E-state index in [1.165, 1.54) is 17.3 Å². The molecule has 0 saturated carbocycles. The third-order valence-corrected chi connectivity index (χ3v) is 5.77. The predicted octanol–water partition coefficient (Wildman–Crippen LogP) is 5.13. The lowest BCUT2D eigenvalue weighted by atomic mass is 9.99. The van der Waals surface area contributed by atoms with Crippen molar-refractivity contribution in [3.63, 3.8) is 0 Å². The molecule has 0 spiro atoms. The lowest BCUT2D eigenvalue weighted by Crippen LogP contribution is -2.07. The minimum atomic E-state index is 0.0899. The number of carbonyl (C=O) groups is 1. The van der Waals surface area contributed by atoms with Crippen LogP contribution in [0.3, 0.4) is 0 Å². The first-order valence-electron chi connectivity index (χ1n) is 8.27. The first-order chi connectivity index (χ1) is 12.4. The number of hydrogen-bond acceptors (Lipinski definition) is 4. The third kappa shape index (κ3) is 3.84. The molecule has 0 aliphatic rings. The van der Waals surface area contributed by atoms with Crippen LogP contribution in [0.1, 0.15) is 32.6 Å². The Morgan fingerprint density at radius 1 is 1.04 bits per heavy atom. The number of nitrogens with zero attached hydrogens (tertiary/aromatic N) is 3. The summed E-state index contributed by atoms with van der Waals surface area (Å²) < 4.78 is 1.84. The zero-order chi connectivity index (χ0) is 18.8. The van der Waals surface area contributed by atoms with Crippen LogP contribution in [0, 0.1) is 27.7 Å². The summed E-state index contributed by atoms with van der Waals surface area (Å²) >= 11 is 7.60. The molecule has 0 saturated heterocycles. The fraction of sp³-hybridized carbons (Fsp3) is 0.250. The molecule has 0 bridgehead atoms. The molecule has 0 radical (unpaired) electrons. The van der Waals surface area contributed by atoms with Crippen molar-refractivity contribution in [3.8, 4) is 5.69 Å². The van der Waals surface area contributed by atoms with Crippen molar-refractivity contribution in [1.82, 2.24) is 14.8 Å². The Morgan fingerprint density at radius 2 is 1.77 bits per heavy atom. The van der Waals surface area contributed by atoms with Crippen LogP contribution in [0.25, 0.3) is 5.69 Å². The van der Waals surface area contributed by atoms with Crippen LogP contribution >= 0.6 is 23.4 Å². The summed E-state index contributed by atoms with van der Waals surface area (Å²) in [5.41, 5.74) is 5.99. The molecule has 0 amide bonds. The first kappa shape index (κ1) is 18.7. The third-order valence-electron chi connectivity index (χ3n) is 4.42. The first-order valence-corrected chi connectivity index (χ1v) is 9.63. The highest BCUT2D eigenvalue weighted by Gasteiger charge is 2.14. The highest BCUT2D eigenvalue weighted by atomic mass is 35.5. The number of Topliss-reactive ketones (excluding diaryl/α,β-unsaturated/α-hetero) is 1. The van der Waals surface area contributed by atoms with Gasteiger partial charge in [-0.05, 0) is 68.1 Å². The van der Waals surface area contributed by atoms with E-state index in [-0.39, 0.29) is 5.78 Å². The van der Waals surface area contributed by atoms with E-state index in [9.17, 15) is 4.79 Å². The Kier molecular flexibility index (Phi) is 5.49. The Labute approximate surface area is 162 Å². The van der Waals surface area contributed by atoms with Crippen molar-refractivity contribution < 1.29 is 4.79 Å². The van der Waals surface area contributed by atoms with E-state index in [1.54, 1.807) is 6.33 Å². The van der Waals surface area contributed by atoms with Gasteiger partial charge in [0.2, 0.25) is 0 Å². The maximum Gasteiger partial charge on any atom is 0.196 e. The van der Waals surface area contributed by atoms with Crippen molar-refractivity contribution in [1.29, 1.82) is 0 Å². The lowest BCUT2D eigenvalue weighted by Gasteiger charge is -2.10. The van der Waals surface area contributed by atoms with Crippen LogP contribution < -0.4 is 0 Å². The number of ketones is 1. The van der Waals surface area contributed by atoms with E-state index in [2.05, 4.69) is 23.2 Å². The van der Waals surface area contributed by atoms with Crippen LogP contribution in [0.15, 0.2) is 41.8 Å². The van der Waals surface area contributed by atoms with Gasteiger partial charge >= 0.3 is 0 Å². The van der Waals surface area contributed by atoms with Gasteiger partial charge < -0.3 is 0 Å². The highest BCUT2D eigenvalue weighted by molar-refractivity contribution is 7.99. The smallest absolute Gasteiger partial charge is 0.196 e. The van der Waals surface area contributed by atoms with Gasteiger partial charge in [0.05, 0.1) is 11.4 Å². The van der Waals surface area contributed by atoms with Gasteiger partial charge in [0, 0.05) is 10.6 Å². The average molecular weight is 386 g/mol. The fourth-order valence-electron chi connectivity index (χ4n) is 2.70. The molecule has 0 aliphatic carbocycles. The second-order valence-electron chi connectivity index (χ2n) is 6.38. The van der Waals surface area contributed by atoms with E-state index >= 15 is 0 Å². The normalized spacial score (nSPS) is 11.0. The van der Waals surface area contributed by atoms with E-state index in [4.69, 9.17) is 11.6 Å². The van der Waals surface area contributed by atoms with E-state index < -0.39 is 0 Å². The van der Waals surface area contributed by atoms with Gasteiger partial charge in [-0.15, -0.1) is 10.2 Å². The monoisotopic (exact) mass is 385 g/mol. The number of thioether (sulfide) groups is 1. The van der Waals surface area contributed by atoms with Gasteiger partial charge in [-0.3, -0.25) is 9.36 Å². The molecule has 0 atom stereocenters. The lowest BCUT2D eigenvalue weighted by molar-refractivity contribution is 0.102. The van der Waals surface area contributed by atoms with Gasteiger partial charge in [0.15, 0.2) is 10.9 Å². The van der Waals surface area contributed by atoms with E-state index in [0.717, 1.165) is 27.9 Å². The fourth-order valence-corrected chi connectivity index (χ4v) is 3.69. The van der Waals surface area contributed by atoms with E-state index in [1.807, 2.05) is 49.6 Å². The quantitative estimate of drug-likeness (QED) is 0.451. The van der Waals surface area contributed by atoms with Crippen LogP contribution in [-0.2, 0) is 0 Å². The molecule has 0 aliphatic heterocycles. The van der Waals surface area contributed by atoms with Gasteiger partial charge in [0.25, 0.3) is 0 Å². The molecule has 3 aromatic rings. The molecule has 3 rings (SSSR count). The van der Waals surface area contributed by atoms with Crippen molar-refractivity contribution in [3.05, 3.63) is 69.5 Å². The predicted molar refractivity (Wildman–Crippen MR) is 107 cm³/mol. The maximum absolute atomic E-state index is 12.7. The zero-order valence-corrected chi connectivity index (χ0v) is 16.8. The zero-order valence-electron chi connectivity index (χ0n) is 15.2. The topological polar surface area (TPSA) is 47.8 Å². The summed E-state index contributed by atoms with van der Waals surface area (Å²) in [6, 6.07) is 9.82. The minimum absolute atomic E-state index is 0.0899. The largest absolute Gasteiger partial charge is 0.293 e. The average Bonchev–Trinajstić information content (AvgIpc) is 3.07. The summed E-state index contributed by atoms with van der Waals surface area (Å²) in [7, 11) is 0. The Morgan fingerprint density at radius 3 is 2.50 bits per heavy atom. The summed E-state index contributed by atoms with van der Waals surface area (Å²) in [6.45, 7) is 8.01. The van der Waals surface area contributed by atoms with Gasteiger partial charge in [-0.1, -0.05) is 35.5 Å². The molecule has 2 aromatic carbocycles. The molecule has 6 heteroatoms. The standard InChI is InChI=1S/C20H20ClN3OS/c1-12-5-6-16(9-18(12)21)24-11-22-23-20(24)26-10-19(25)17-8-14(3)13(2)7-15(17)4/h5-9,11H,10H2,1-4H3. The second-order valence-corrected chi connectivity index (χ2v) is 7.73. The summed E-state index contributed by atoms with van der Waals surface area (Å²) in [4.78, 5) is 12.7. The summed E-state index contributed by atoms with van der Waals surface area (Å²) in [5, 5.41) is 9.48. The van der Waals surface area contributed by atoms with Crippen LogP contribution in [0.2, 0.25) is 5.02 Å². The number of halogens is 1. The number of aromatic nitrogens is 3. The van der Waals surface area contributed by atoms with Gasteiger partial charge in [-0.2, -0.15) is 0 Å². The molecule has 134 valence electrons. The molecule has 0 N–H and O–H groups in total. The SMILES string of the molecule is Cc1cc(C)c(C(=O)CSc2nncn2-c2ccc(C)c(Cl)c2)cc1C. The molecule has 1 aromatic heterocycles. The molecule has 0 unspecified atom stereocenters. The van der Waals surface area contributed by atoms with Crippen molar-refractivity contribution in [2.24, 2.45) is 0 Å². The maximum atomic E-state index is 12.7. The molecule has 0 fully saturated rings. The Balaban J connectivity index is 1.79. The number of carbonyl (C=O) groups excluding carboxylic acids is 1. The number of aryl methyl sites for hydroxylation is 4. The number of hydrogen-bond donors (Lipinski definition) is 0. The molecule has 4 nitrogen and oxygen atoms in total. The number of benzene rings is 2. The number of rotatable bonds is 5. The highest BCUT2D eigenvalue weighted by Crippen LogP contribution is 2.25. The van der Waals surface area contributed by atoms with Crippen LogP contribution in [0.4, 0.5) is 0 Å². The summed E-state index contributed by atoms with van der Waals surface area (Å²) in [6.07, 6.45) is 1.63. The minimum Gasteiger partial charge on any atom is -0.293 e. The Bertz CT molecular complexity index is 981. The molecular weight excluding hydrogens is 366 g/mol. The summed E-state index contributed by atoms with van der Waals surface area (Å²) in [5.74, 6) is 0.397. The van der Waals surface area contributed by atoms with Gasteiger partial charge in [-0.25, -0.2) is 0 Å². The van der Waals surface area contributed by atoms with Crippen molar-refractivity contribution in [2.75, 3.05) is 5.75 Å². The molecular formula is C20H20ClN3OS.